The van der Waals surface area contributed by atoms with Crippen molar-refractivity contribution in [1.29, 1.82) is 0 Å². The molecule has 2 nitrogen and oxygen atoms in total. The molecule has 0 radical (unpaired) electrons. The van der Waals surface area contributed by atoms with E-state index in [2.05, 4.69) is 38.9 Å². The average molecular weight is 237 g/mol. The first-order chi connectivity index (χ1) is 6.29. The van der Waals surface area contributed by atoms with Crippen molar-refractivity contribution < 1.29 is 0 Å². The van der Waals surface area contributed by atoms with Crippen molar-refractivity contribution in [3.63, 3.8) is 0 Å². The van der Waals surface area contributed by atoms with Crippen molar-refractivity contribution in [3.05, 3.63) is 40.8 Å². The molecule has 0 aliphatic carbocycles. The third-order valence-electron chi connectivity index (χ3n) is 2.06. The fraction of sp³-hybridized carbons (Fsp3) is 0.100. The molecular weight excluding hydrogens is 228 g/mol. The van der Waals surface area contributed by atoms with Crippen LogP contribution in [0, 0.1) is 6.92 Å². The van der Waals surface area contributed by atoms with Gasteiger partial charge >= 0.3 is 0 Å². The Labute approximate surface area is 85.1 Å². The van der Waals surface area contributed by atoms with Crippen molar-refractivity contribution in [2.24, 2.45) is 0 Å². The van der Waals surface area contributed by atoms with Crippen LogP contribution in [0.2, 0.25) is 0 Å². The average Bonchev–Trinajstić information content (AvgIpc) is 2.62. The fourth-order valence-corrected chi connectivity index (χ4v) is 1.67. The van der Waals surface area contributed by atoms with Crippen LogP contribution in [-0.2, 0) is 0 Å². The van der Waals surface area contributed by atoms with E-state index < -0.39 is 0 Å². The molecule has 0 saturated carbocycles. The predicted molar refractivity (Wildman–Crippen MR) is 56.5 cm³/mol. The van der Waals surface area contributed by atoms with Gasteiger partial charge in [-0.25, -0.2) is 4.98 Å². The number of hydrogen-bond acceptors (Lipinski definition) is 1. The SMILES string of the molecule is Cc1c(Br)cccc1-c1cnc[nH]1. The van der Waals surface area contributed by atoms with Crippen LogP contribution in [0.1, 0.15) is 5.56 Å². The van der Waals surface area contributed by atoms with Crippen LogP contribution in [-0.4, -0.2) is 9.97 Å². The Morgan fingerprint density at radius 2 is 2.23 bits per heavy atom. The van der Waals surface area contributed by atoms with Crippen LogP contribution in [0.5, 0.6) is 0 Å². The highest BCUT2D eigenvalue weighted by Crippen LogP contribution is 2.26. The van der Waals surface area contributed by atoms with Crippen molar-refractivity contribution in [1.82, 2.24) is 9.97 Å². The van der Waals surface area contributed by atoms with E-state index in [-0.39, 0.29) is 0 Å². The molecule has 3 heteroatoms. The summed E-state index contributed by atoms with van der Waals surface area (Å²) in [6, 6.07) is 6.13. The Morgan fingerprint density at radius 3 is 2.92 bits per heavy atom. The van der Waals surface area contributed by atoms with Crippen LogP contribution in [0.3, 0.4) is 0 Å². The minimum atomic E-state index is 1.05. The van der Waals surface area contributed by atoms with Crippen molar-refractivity contribution in [2.45, 2.75) is 6.92 Å². The highest BCUT2D eigenvalue weighted by molar-refractivity contribution is 9.10. The largest absolute Gasteiger partial charge is 0.345 e. The molecule has 1 N–H and O–H groups in total. The zero-order valence-electron chi connectivity index (χ0n) is 7.21. The van der Waals surface area contributed by atoms with Gasteiger partial charge in [0.2, 0.25) is 0 Å². The molecule has 66 valence electrons. The molecule has 0 fully saturated rings. The number of hydrogen-bond donors (Lipinski definition) is 1. The van der Waals surface area contributed by atoms with Gasteiger partial charge in [0.25, 0.3) is 0 Å². The lowest BCUT2D eigenvalue weighted by molar-refractivity contribution is 1.31. The third-order valence-corrected chi connectivity index (χ3v) is 2.92. The van der Waals surface area contributed by atoms with Gasteiger partial charge in [-0.2, -0.15) is 0 Å². The summed E-state index contributed by atoms with van der Waals surface area (Å²) in [5.41, 5.74) is 3.47. The van der Waals surface area contributed by atoms with Gasteiger partial charge in [0.05, 0.1) is 18.2 Å². The number of halogens is 1. The molecule has 0 aliphatic heterocycles. The summed E-state index contributed by atoms with van der Waals surface area (Å²) in [5, 5.41) is 0. The second-order valence-electron chi connectivity index (χ2n) is 2.88. The molecule has 0 aliphatic rings. The fourth-order valence-electron chi connectivity index (χ4n) is 1.30. The standard InChI is InChI=1S/C10H9BrN2/c1-7-8(3-2-4-9(7)11)10-5-12-6-13-10/h2-6H,1H3,(H,12,13). The first-order valence-corrected chi connectivity index (χ1v) is 4.82. The first-order valence-electron chi connectivity index (χ1n) is 4.03. The Kier molecular flexibility index (Phi) is 2.19. The quantitative estimate of drug-likeness (QED) is 0.810. The van der Waals surface area contributed by atoms with Crippen LogP contribution in [0.4, 0.5) is 0 Å². The highest BCUT2D eigenvalue weighted by atomic mass is 79.9. The Bertz CT molecular complexity index is 407. The zero-order valence-corrected chi connectivity index (χ0v) is 8.80. The van der Waals surface area contributed by atoms with Gasteiger partial charge in [-0.3, -0.25) is 0 Å². The highest BCUT2D eigenvalue weighted by Gasteiger charge is 2.04. The van der Waals surface area contributed by atoms with E-state index in [0.29, 0.717) is 0 Å². The number of aromatic nitrogens is 2. The minimum absolute atomic E-state index is 1.05. The molecule has 1 heterocycles. The van der Waals surface area contributed by atoms with Crippen molar-refractivity contribution in [3.8, 4) is 11.3 Å². The molecule has 0 spiro atoms. The zero-order chi connectivity index (χ0) is 9.26. The third kappa shape index (κ3) is 1.52. The molecule has 0 unspecified atom stereocenters. The van der Waals surface area contributed by atoms with E-state index in [1.54, 1.807) is 6.33 Å². The van der Waals surface area contributed by atoms with Crippen LogP contribution >= 0.6 is 15.9 Å². The molecule has 0 saturated heterocycles. The van der Waals surface area contributed by atoms with Gasteiger partial charge in [0, 0.05) is 10.0 Å². The molecule has 2 aromatic rings. The maximum atomic E-state index is 4.00. The van der Waals surface area contributed by atoms with E-state index in [0.717, 1.165) is 10.2 Å². The van der Waals surface area contributed by atoms with E-state index in [9.17, 15) is 0 Å². The maximum absolute atomic E-state index is 4.00. The lowest BCUT2D eigenvalue weighted by Gasteiger charge is -2.04. The van der Waals surface area contributed by atoms with Gasteiger partial charge in [0.15, 0.2) is 0 Å². The van der Waals surface area contributed by atoms with E-state index in [4.69, 9.17) is 0 Å². The summed E-state index contributed by atoms with van der Waals surface area (Å²) in [4.78, 5) is 7.09. The number of benzene rings is 1. The molecule has 0 bridgehead atoms. The molecule has 13 heavy (non-hydrogen) atoms. The summed E-state index contributed by atoms with van der Waals surface area (Å²) in [6.07, 6.45) is 3.52. The van der Waals surface area contributed by atoms with Gasteiger partial charge in [-0.1, -0.05) is 28.1 Å². The number of H-pyrrole nitrogens is 1. The Balaban J connectivity index is 2.59. The molecular formula is C10H9BrN2. The van der Waals surface area contributed by atoms with E-state index in [1.165, 1.54) is 11.1 Å². The van der Waals surface area contributed by atoms with E-state index in [1.807, 2.05) is 18.3 Å². The summed E-state index contributed by atoms with van der Waals surface area (Å²) >= 11 is 3.50. The molecule has 0 atom stereocenters. The number of rotatable bonds is 1. The summed E-state index contributed by atoms with van der Waals surface area (Å²) in [5.74, 6) is 0. The minimum Gasteiger partial charge on any atom is -0.345 e. The lowest BCUT2D eigenvalue weighted by atomic mass is 10.1. The van der Waals surface area contributed by atoms with E-state index >= 15 is 0 Å². The number of aromatic amines is 1. The van der Waals surface area contributed by atoms with Gasteiger partial charge in [0.1, 0.15) is 0 Å². The second-order valence-corrected chi connectivity index (χ2v) is 3.73. The van der Waals surface area contributed by atoms with Gasteiger partial charge in [-0.05, 0) is 18.6 Å². The second kappa shape index (κ2) is 3.34. The van der Waals surface area contributed by atoms with Crippen LogP contribution < -0.4 is 0 Å². The molecule has 0 amide bonds. The Hall–Kier alpha value is -1.09. The predicted octanol–water partition coefficient (Wildman–Crippen LogP) is 3.15. The topological polar surface area (TPSA) is 28.7 Å². The summed E-state index contributed by atoms with van der Waals surface area (Å²) in [7, 11) is 0. The normalized spacial score (nSPS) is 10.3. The summed E-state index contributed by atoms with van der Waals surface area (Å²) < 4.78 is 1.12. The Morgan fingerprint density at radius 1 is 1.38 bits per heavy atom. The van der Waals surface area contributed by atoms with Gasteiger partial charge in [-0.15, -0.1) is 0 Å². The number of nitrogens with one attached hydrogen (secondary N) is 1. The number of imidazole rings is 1. The van der Waals surface area contributed by atoms with Crippen LogP contribution in [0.25, 0.3) is 11.3 Å². The van der Waals surface area contributed by atoms with Gasteiger partial charge < -0.3 is 4.98 Å². The molecule has 2 rings (SSSR count). The molecule has 1 aromatic heterocycles. The van der Waals surface area contributed by atoms with Crippen molar-refractivity contribution in [2.75, 3.05) is 0 Å². The summed E-state index contributed by atoms with van der Waals surface area (Å²) in [6.45, 7) is 2.08. The molecule has 1 aromatic carbocycles. The van der Waals surface area contributed by atoms with Crippen molar-refractivity contribution >= 4 is 15.9 Å². The first kappa shape index (κ1) is 8.51. The monoisotopic (exact) mass is 236 g/mol. The lowest BCUT2D eigenvalue weighted by Crippen LogP contribution is -1.83. The maximum Gasteiger partial charge on any atom is 0.0924 e. The van der Waals surface area contributed by atoms with Crippen LogP contribution in [0.15, 0.2) is 35.2 Å². The smallest absolute Gasteiger partial charge is 0.0924 e. The number of nitrogens with zero attached hydrogens (tertiary/aromatic N) is 1.